The second-order valence-corrected chi connectivity index (χ2v) is 8.21. The van der Waals surface area contributed by atoms with E-state index in [0.717, 1.165) is 0 Å². The van der Waals surface area contributed by atoms with Crippen LogP contribution in [0.1, 0.15) is 6.92 Å². The molecule has 0 aliphatic carbocycles. The van der Waals surface area contributed by atoms with E-state index in [1.165, 1.54) is 38.3 Å². The molecule has 194 valence electrons. The lowest BCUT2D eigenvalue weighted by molar-refractivity contribution is -0.384. The van der Waals surface area contributed by atoms with Gasteiger partial charge in [-0.05, 0) is 36.4 Å². The maximum Gasteiger partial charge on any atom is 0.302 e. The minimum Gasteiger partial charge on any atom is -0.484 e. The van der Waals surface area contributed by atoms with Crippen LogP contribution < -0.4 is 14.2 Å². The number of para-hydroxylation sites is 2. The lowest BCUT2D eigenvalue weighted by Gasteiger charge is -2.45. The van der Waals surface area contributed by atoms with Crippen LogP contribution >= 0.6 is 0 Å². The summed E-state index contributed by atoms with van der Waals surface area (Å²) < 4.78 is 36.0. The highest BCUT2D eigenvalue weighted by atomic mass is 16.7. The summed E-state index contributed by atoms with van der Waals surface area (Å²) in [6.45, 7) is 1.15. The predicted molar refractivity (Wildman–Crippen MR) is 132 cm³/mol. The predicted octanol–water partition coefficient (Wildman–Crippen LogP) is 4.17. The highest BCUT2D eigenvalue weighted by Crippen LogP contribution is 2.32. The van der Waals surface area contributed by atoms with Crippen molar-refractivity contribution < 1.29 is 38.1 Å². The normalized spacial score (nSPS) is 23.0. The van der Waals surface area contributed by atoms with Crippen LogP contribution in [-0.4, -0.2) is 55.3 Å². The number of methoxy groups -OCH3 is 1. The van der Waals surface area contributed by atoms with Gasteiger partial charge in [0.05, 0.1) is 4.92 Å². The lowest BCUT2D eigenvalue weighted by atomic mass is 9.97. The number of benzene rings is 3. The van der Waals surface area contributed by atoms with Crippen molar-refractivity contribution in [2.75, 3.05) is 13.7 Å². The van der Waals surface area contributed by atoms with E-state index in [9.17, 15) is 14.9 Å². The van der Waals surface area contributed by atoms with Gasteiger partial charge in [0, 0.05) is 26.2 Å². The standard InChI is InChI=1S/C27H27NO9/c1-18(29)33-17-23-24(34-22-15-13-19(14-16-22)28(30)31)25(35-20-9-5-3-6-10-20)26(27(32-2)37-23)36-21-11-7-4-8-12-21/h3-16,23-27H,17H2,1-2H3/t23-,24-,25+,26-,27+/m1/s1. The first-order valence-electron chi connectivity index (χ1n) is 11.6. The van der Waals surface area contributed by atoms with Crippen molar-refractivity contribution in [3.05, 3.63) is 95.0 Å². The van der Waals surface area contributed by atoms with Crippen molar-refractivity contribution in [2.24, 2.45) is 0 Å². The van der Waals surface area contributed by atoms with Crippen molar-refractivity contribution in [3.8, 4) is 17.2 Å². The lowest BCUT2D eigenvalue weighted by Crippen LogP contribution is -2.64. The number of carbonyl (C=O) groups is 1. The number of nitrogens with zero attached hydrogens (tertiary/aromatic N) is 1. The van der Waals surface area contributed by atoms with E-state index < -0.39 is 41.6 Å². The number of hydrogen-bond acceptors (Lipinski definition) is 9. The zero-order valence-corrected chi connectivity index (χ0v) is 20.3. The Kier molecular flexibility index (Phi) is 8.55. The molecule has 3 aromatic rings. The van der Waals surface area contributed by atoms with Crippen LogP contribution in [0.2, 0.25) is 0 Å². The number of non-ortho nitro benzene ring substituents is 1. The summed E-state index contributed by atoms with van der Waals surface area (Å²) in [6.07, 6.45) is -4.18. The highest BCUT2D eigenvalue weighted by molar-refractivity contribution is 5.65. The summed E-state index contributed by atoms with van der Waals surface area (Å²) in [5.74, 6) is 0.958. The first-order valence-corrected chi connectivity index (χ1v) is 11.6. The molecule has 3 aromatic carbocycles. The Morgan fingerprint density at radius 2 is 1.32 bits per heavy atom. The largest absolute Gasteiger partial charge is 0.484 e. The Bertz CT molecular complexity index is 1160. The molecule has 0 aromatic heterocycles. The number of esters is 1. The van der Waals surface area contributed by atoms with Gasteiger partial charge in [-0.25, -0.2) is 0 Å². The van der Waals surface area contributed by atoms with Gasteiger partial charge in [-0.1, -0.05) is 36.4 Å². The average Bonchev–Trinajstić information content (AvgIpc) is 2.91. The molecule has 5 atom stereocenters. The maximum absolute atomic E-state index is 11.6. The van der Waals surface area contributed by atoms with Crippen molar-refractivity contribution in [1.29, 1.82) is 0 Å². The van der Waals surface area contributed by atoms with E-state index in [1.807, 2.05) is 36.4 Å². The van der Waals surface area contributed by atoms with E-state index in [0.29, 0.717) is 17.2 Å². The maximum atomic E-state index is 11.6. The van der Waals surface area contributed by atoms with Gasteiger partial charge < -0.3 is 28.4 Å². The molecule has 10 heteroatoms. The van der Waals surface area contributed by atoms with Crippen molar-refractivity contribution in [1.82, 2.24) is 0 Å². The van der Waals surface area contributed by atoms with E-state index in [-0.39, 0.29) is 12.3 Å². The second kappa shape index (κ2) is 12.2. The molecule has 0 unspecified atom stereocenters. The van der Waals surface area contributed by atoms with Gasteiger partial charge in [0.1, 0.15) is 30.0 Å². The van der Waals surface area contributed by atoms with Gasteiger partial charge in [0.15, 0.2) is 24.6 Å². The number of carbonyl (C=O) groups excluding carboxylic acids is 1. The monoisotopic (exact) mass is 509 g/mol. The molecule has 0 amide bonds. The summed E-state index contributed by atoms with van der Waals surface area (Å²) in [6, 6.07) is 23.9. The fraction of sp³-hybridized carbons (Fsp3) is 0.296. The summed E-state index contributed by atoms with van der Waals surface area (Å²) >= 11 is 0. The number of nitro benzene ring substituents is 1. The third-order valence-corrected chi connectivity index (χ3v) is 5.62. The Morgan fingerprint density at radius 3 is 1.84 bits per heavy atom. The van der Waals surface area contributed by atoms with E-state index >= 15 is 0 Å². The average molecular weight is 510 g/mol. The van der Waals surface area contributed by atoms with Crippen LogP contribution in [0.15, 0.2) is 84.9 Å². The smallest absolute Gasteiger partial charge is 0.302 e. The van der Waals surface area contributed by atoms with E-state index in [4.69, 9.17) is 28.4 Å². The SMILES string of the molecule is CO[C@H]1O[C@H](COC(C)=O)[C@@H](Oc2ccc([N+](=O)[O-])cc2)[C@H](Oc2ccccc2)[C@H]1Oc1ccccc1. The zero-order chi connectivity index (χ0) is 26.2. The summed E-state index contributed by atoms with van der Waals surface area (Å²) in [7, 11) is 1.48. The molecule has 37 heavy (non-hydrogen) atoms. The van der Waals surface area contributed by atoms with Gasteiger partial charge in [-0.2, -0.15) is 0 Å². The molecule has 0 N–H and O–H groups in total. The molecular formula is C27H27NO9. The molecule has 0 bridgehead atoms. The van der Waals surface area contributed by atoms with Gasteiger partial charge in [-0.3, -0.25) is 14.9 Å². The first kappa shape index (κ1) is 25.9. The Labute approximate surface area is 213 Å². The third-order valence-electron chi connectivity index (χ3n) is 5.62. The Balaban J connectivity index is 1.72. The third kappa shape index (κ3) is 6.75. The number of hydrogen-bond donors (Lipinski definition) is 0. The van der Waals surface area contributed by atoms with Crippen molar-refractivity contribution in [3.63, 3.8) is 0 Å². The van der Waals surface area contributed by atoms with Crippen molar-refractivity contribution >= 4 is 11.7 Å². The van der Waals surface area contributed by atoms with Crippen LogP contribution in [0.3, 0.4) is 0 Å². The Morgan fingerprint density at radius 1 is 0.811 bits per heavy atom. The Hall–Kier alpha value is -4.15. The quantitative estimate of drug-likeness (QED) is 0.226. The van der Waals surface area contributed by atoms with Gasteiger partial charge in [-0.15, -0.1) is 0 Å². The van der Waals surface area contributed by atoms with Crippen LogP contribution in [0.25, 0.3) is 0 Å². The minimum atomic E-state index is -0.897. The molecule has 1 aliphatic rings. The van der Waals surface area contributed by atoms with E-state index in [1.54, 1.807) is 24.3 Å². The summed E-state index contributed by atoms with van der Waals surface area (Å²) in [5, 5.41) is 11.1. The molecule has 1 aliphatic heterocycles. The van der Waals surface area contributed by atoms with Crippen LogP contribution in [0, 0.1) is 10.1 Å². The second-order valence-electron chi connectivity index (χ2n) is 8.21. The first-order chi connectivity index (χ1) is 17.9. The molecule has 0 saturated carbocycles. The molecule has 4 rings (SSSR count). The van der Waals surface area contributed by atoms with E-state index in [2.05, 4.69) is 0 Å². The number of ether oxygens (including phenoxy) is 6. The fourth-order valence-corrected chi connectivity index (χ4v) is 3.92. The molecule has 0 radical (unpaired) electrons. The number of rotatable bonds is 10. The molecule has 10 nitrogen and oxygen atoms in total. The zero-order valence-electron chi connectivity index (χ0n) is 20.3. The van der Waals surface area contributed by atoms with Crippen LogP contribution in [0.5, 0.6) is 17.2 Å². The summed E-state index contributed by atoms with van der Waals surface area (Å²) in [5.41, 5.74) is -0.0782. The topological polar surface area (TPSA) is 116 Å². The fourth-order valence-electron chi connectivity index (χ4n) is 3.92. The van der Waals surface area contributed by atoms with Crippen LogP contribution in [0.4, 0.5) is 5.69 Å². The van der Waals surface area contributed by atoms with Gasteiger partial charge >= 0.3 is 5.97 Å². The van der Waals surface area contributed by atoms with Crippen molar-refractivity contribution in [2.45, 2.75) is 37.6 Å². The summed E-state index contributed by atoms with van der Waals surface area (Å²) in [4.78, 5) is 22.2. The number of nitro groups is 1. The van der Waals surface area contributed by atoms with Crippen LogP contribution in [-0.2, 0) is 19.0 Å². The molecular weight excluding hydrogens is 482 g/mol. The molecule has 1 saturated heterocycles. The minimum absolute atomic E-state index is 0.0782. The molecule has 1 fully saturated rings. The van der Waals surface area contributed by atoms with Gasteiger partial charge in [0.2, 0.25) is 0 Å². The van der Waals surface area contributed by atoms with Gasteiger partial charge in [0.25, 0.3) is 5.69 Å². The molecule has 1 heterocycles. The highest BCUT2D eigenvalue weighted by Gasteiger charge is 2.51. The molecule has 0 spiro atoms.